The van der Waals surface area contributed by atoms with Gasteiger partial charge < -0.3 is 5.32 Å². The van der Waals surface area contributed by atoms with E-state index in [1.54, 1.807) is 0 Å². The molecule has 26 heavy (non-hydrogen) atoms. The zero-order valence-corrected chi connectivity index (χ0v) is 19.3. The third kappa shape index (κ3) is 5.96. The van der Waals surface area contributed by atoms with Crippen LogP contribution in [0.25, 0.3) is 0 Å². The lowest BCUT2D eigenvalue weighted by atomic mass is 9.60. The molecule has 2 rings (SSSR count). The minimum absolute atomic E-state index is 0.657. The molecule has 0 bridgehead atoms. The Morgan fingerprint density at radius 2 is 1.50 bits per heavy atom. The molecule has 1 spiro atoms. The molecule has 2 heteroatoms. The van der Waals surface area contributed by atoms with Crippen LogP contribution in [0.2, 0.25) is 0 Å². The van der Waals surface area contributed by atoms with Gasteiger partial charge in [0.05, 0.1) is 0 Å². The average molecular weight is 367 g/mol. The predicted molar refractivity (Wildman–Crippen MR) is 118 cm³/mol. The van der Waals surface area contributed by atoms with Gasteiger partial charge in [0.15, 0.2) is 0 Å². The van der Waals surface area contributed by atoms with E-state index in [1.807, 2.05) is 13.8 Å². The molecule has 1 aliphatic heterocycles. The number of hydrogen-bond acceptors (Lipinski definition) is 2. The molecular formula is C24H50N2. The predicted octanol–water partition coefficient (Wildman–Crippen LogP) is 6.50. The quantitative estimate of drug-likeness (QED) is 0.501. The number of nitrogens with one attached hydrogen (secondary N) is 1. The highest BCUT2D eigenvalue weighted by atomic mass is 15.2. The van der Waals surface area contributed by atoms with Crippen LogP contribution in [0.4, 0.5) is 0 Å². The molecule has 0 amide bonds. The van der Waals surface area contributed by atoms with Crippen molar-refractivity contribution in [3.63, 3.8) is 0 Å². The van der Waals surface area contributed by atoms with Crippen molar-refractivity contribution in [3.8, 4) is 0 Å². The molecule has 2 atom stereocenters. The summed E-state index contributed by atoms with van der Waals surface area (Å²) in [6, 6.07) is 0.734. The number of likely N-dealkylation sites (N-methyl/N-ethyl adjacent to an activating group) is 1. The number of likely N-dealkylation sites (tertiary alicyclic amines) is 1. The summed E-state index contributed by atoms with van der Waals surface area (Å²) in [7, 11) is 2.12. The molecule has 2 fully saturated rings. The van der Waals surface area contributed by atoms with Crippen LogP contribution >= 0.6 is 0 Å². The monoisotopic (exact) mass is 366 g/mol. The third-order valence-corrected chi connectivity index (χ3v) is 7.58. The summed E-state index contributed by atoms with van der Waals surface area (Å²) in [5, 5.41) is 3.46. The second-order valence-electron chi connectivity index (χ2n) is 9.23. The summed E-state index contributed by atoms with van der Waals surface area (Å²) in [5.74, 6) is 0.801. The van der Waals surface area contributed by atoms with Gasteiger partial charge in [-0.25, -0.2) is 0 Å². The summed E-state index contributed by atoms with van der Waals surface area (Å²) in [4.78, 5) is 2.84. The molecule has 156 valence electrons. The molecule has 1 aliphatic carbocycles. The van der Waals surface area contributed by atoms with Crippen molar-refractivity contribution in [2.24, 2.45) is 16.7 Å². The molecule has 0 aromatic heterocycles. The highest BCUT2D eigenvalue weighted by molar-refractivity contribution is 4.99. The molecule has 1 N–H and O–H groups in total. The van der Waals surface area contributed by atoms with Gasteiger partial charge in [-0.05, 0) is 75.3 Å². The number of nitrogens with zero attached hydrogens (tertiary/aromatic N) is 1. The highest BCUT2D eigenvalue weighted by Crippen LogP contribution is 2.53. The van der Waals surface area contributed by atoms with Crippen LogP contribution in [0.3, 0.4) is 0 Å². The first kappa shape index (κ1) is 24.0. The van der Waals surface area contributed by atoms with Gasteiger partial charge in [-0.3, -0.25) is 4.90 Å². The maximum Gasteiger partial charge on any atom is 0.0246 e. The summed E-state index contributed by atoms with van der Waals surface area (Å²) < 4.78 is 0. The fraction of sp³-hybridized carbons (Fsp3) is 1.00. The van der Waals surface area contributed by atoms with Gasteiger partial charge in [-0.15, -0.1) is 0 Å². The Balaban J connectivity index is 0.00000163. The zero-order chi connectivity index (χ0) is 19.6. The van der Waals surface area contributed by atoms with Crippen LogP contribution in [0.15, 0.2) is 0 Å². The standard InChI is InChI=1S/C22H44N2.C2H6/c1-6-9-21(10-7-2)11-13-22(14-12-21)15-16-24(18-22)20(17-23-5)19(4)8-3;1-2/h19-20,23H,6-18H2,1-5H3;1-2H3. The van der Waals surface area contributed by atoms with E-state index in [4.69, 9.17) is 0 Å². The molecule has 0 aromatic carbocycles. The Morgan fingerprint density at radius 3 is 1.96 bits per heavy atom. The second-order valence-corrected chi connectivity index (χ2v) is 9.23. The van der Waals surface area contributed by atoms with Crippen molar-refractivity contribution >= 4 is 0 Å². The molecular weight excluding hydrogens is 316 g/mol. The minimum atomic E-state index is 0.657. The second kappa shape index (κ2) is 11.7. The van der Waals surface area contributed by atoms with Gasteiger partial charge in [0.25, 0.3) is 0 Å². The van der Waals surface area contributed by atoms with Crippen molar-refractivity contribution in [1.29, 1.82) is 0 Å². The molecule has 2 unspecified atom stereocenters. The van der Waals surface area contributed by atoms with Crippen molar-refractivity contribution in [2.45, 2.75) is 112 Å². The smallest absolute Gasteiger partial charge is 0.0246 e. The fourth-order valence-electron chi connectivity index (χ4n) is 5.83. The van der Waals surface area contributed by atoms with Crippen LogP contribution in [-0.2, 0) is 0 Å². The lowest BCUT2D eigenvalue weighted by Gasteiger charge is -2.46. The highest BCUT2D eigenvalue weighted by Gasteiger charge is 2.46. The van der Waals surface area contributed by atoms with E-state index in [1.165, 1.54) is 77.3 Å². The molecule has 0 aromatic rings. The molecule has 2 aliphatic rings. The summed E-state index contributed by atoms with van der Waals surface area (Å²) >= 11 is 0. The average Bonchev–Trinajstić information content (AvgIpc) is 3.08. The minimum Gasteiger partial charge on any atom is -0.318 e. The van der Waals surface area contributed by atoms with Gasteiger partial charge in [0, 0.05) is 19.1 Å². The van der Waals surface area contributed by atoms with Gasteiger partial charge in [0.1, 0.15) is 0 Å². The van der Waals surface area contributed by atoms with Crippen LogP contribution in [-0.4, -0.2) is 37.6 Å². The van der Waals surface area contributed by atoms with Gasteiger partial charge in [-0.2, -0.15) is 0 Å². The van der Waals surface area contributed by atoms with Gasteiger partial charge in [-0.1, -0.05) is 60.8 Å². The Kier molecular flexibility index (Phi) is 10.8. The van der Waals surface area contributed by atoms with E-state index in [9.17, 15) is 0 Å². The summed E-state index contributed by atoms with van der Waals surface area (Å²) in [6.45, 7) is 17.4. The molecule has 1 saturated carbocycles. The lowest BCUT2D eigenvalue weighted by molar-refractivity contribution is 0.0570. The first-order valence-electron chi connectivity index (χ1n) is 11.9. The molecule has 0 radical (unpaired) electrons. The largest absolute Gasteiger partial charge is 0.318 e. The third-order valence-electron chi connectivity index (χ3n) is 7.58. The van der Waals surface area contributed by atoms with Crippen LogP contribution in [0.5, 0.6) is 0 Å². The first-order chi connectivity index (χ1) is 12.5. The van der Waals surface area contributed by atoms with E-state index in [0.29, 0.717) is 10.8 Å². The van der Waals surface area contributed by atoms with E-state index >= 15 is 0 Å². The van der Waals surface area contributed by atoms with Crippen LogP contribution in [0, 0.1) is 16.7 Å². The first-order valence-corrected chi connectivity index (χ1v) is 11.9. The van der Waals surface area contributed by atoms with Crippen molar-refractivity contribution in [3.05, 3.63) is 0 Å². The Hall–Kier alpha value is -0.0800. The van der Waals surface area contributed by atoms with Crippen LogP contribution < -0.4 is 5.32 Å². The summed E-state index contributed by atoms with van der Waals surface area (Å²) in [6.07, 6.45) is 14.4. The Labute approximate surface area is 165 Å². The number of hydrogen-bond donors (Lipinski definition) is 1. The van der Waals surface area contributed by atoms with E-state index in [0.717, 1.165) is 18.5 Å². The van der Waals surface area contributed by atoms with Crippen molar-refractivity contribution in [1.82, 2.24) is 10.2 Å². The van der Waals surface area contributed by atoms with Crippen molar-refractivity contribution in [2.75, 3.05) is 26.7 Å². The van der Waals surface area contributed by atoms with E-state index in [2.05, 4.69) is 45.0 Å². The SMILES string of the molecule is CC.CCCC1(CCC)CCC2(CCN(C(CNC)C(C)CC)C2)CC1. The van der Waals surface area contributed by atoms with E-state index in [-0.39, 0.29) is 0 Å². The summed E-state index contributed by atoms with van der Waals surface area (Å²) in [5.41, 5.74) is 1.35. The fourth-order valence-corrected chi connectivity index (χ4v) is 5.83. The lowest BCUT2D eigenvalue weighted by Crippen LogP contribution is -2.46. The maximum atomic E-state index is 3.46. The van der Waals surface area contributed by atoms with Gasteiger partial charge >= 0.3 is 0 Å². The van der Waals surface area contributed by atoms with E-state index < -0.39 is 0 Å². The van der Waals surface area contributed by atoms with Crippen LogP contribution in [0.1, 0.15) is 106 Å². The molecule has 1 heterocycles. The molecule has 2 nitrogen and oxygen atoms in total. The Morgan fingerprint density at radius 1 is 0.923 bits per heavy atom. The zero-order valence-electron chi connectivity index (χ0n) is 19.3. The number of rotatable bonds is 9. The van der Waals surface area contributed by atoms with Gasteiger partial charge in [0.2, 0.25) is 0 Å². The van der Waals surface area contributed by atoms with Crippen molar-refractivity contribution < 1.29 is 0 Å². The normalized spacial score (nSPS) is 24.1. The topological polar surface area (TPSA) is 15.3 Å². The molecule has 1 saturated heterocycles. The maximum absolute atomic E-state index is 3.46. The Bertz CT molecular complexity index is 349.